The normalized spacial score (nSPS) is 20.4. The van der Waals surface area contributed by atoms with Crippen molar-refractivity contribution in [1.29, 1.82) is 0 Å². The Kier molecular flexibility index (Phi) is 7.11. The van der Waals surface area contributed by atoms with Gasteiger partial charge < -0.3 is 16.0 Å². The van der Waals surface area contributed by atoms with E-state index in [1.54, 1.807) is 24.3 Å². The molecule has 1 saturated carbocycles. The summed E-state index contributed by atoms with van der Waals surface area (Å²) in [6, 6.07) is 7.02. The Morgan fingerprint density at radius 2 is 1.88 bits per heavy atom. The molecule has 2 fully saturated rings. The van der Waals surface area contributed by atoms with Crippen molar-refractivity contribution in [3.63, 3.8) is 0 Å². The van der Waals surface area contributed by atoms with Crippen molar-refractivity contribution in [3.05, 3.63) is 29.3 Å². The number of amides is 2. The van der Waals surface area contributed by atoms with E-state index in [0.717, 1.165) is 38.0 Å². The van der Waals surface area contributed by atoms with Gasteiger partial charge in [0.15, 0.2) is 0 Å². The molecular weight excluding hydrogens is 361 g/mol. The van der Waals surface area contributed by atoms with Crippen LogP contribution in [0.1, 0.15) is 32.1 Å². The molecule has 5 nitrogen and oxygen atoms in total. The van der Waals surface area contributed by atoms with Crippen molar-refractivity contribution in [2.75, 3.05) is 25.0 Å². The topological polar surface area (TPSA) is 70.2 Å². The average molecular weight is 386 g/mol. The molecule has 3 rings (SSSR count). The van der Waals surface area contributed by atoms with E-state index in [9.17, 15) is 9.59 Å². The summed E-state index contributed by atoms with van der Waals surface area (Å²) in [6.45, 7) is 2.60. The van der Waals surface area contributed by atoms with E-state index in [0.29, 0.717) is 24.4 Å². The highest BCUT2D eigenvalue weighted by Gasteiger charge is 2.57. The van der Waals surface area contributed by atoms with Crippen LogP contribution in [0.15, 0.2) is 24.3 Å². The molecule has 25 heavy (non-hydrogen) atoms. The number of halogens is 2. The van der Waals surface area contributed by atoms with Crippen molar-refractivity contribution in [2.24, 2.45) is 11.3 Å². The molecule has 138 valence electrons. The zero-order chi connectivity index (χ0) is 17.0. The Hall–Kier alpha value is -1.30. The van der Waals surface area contributed by atoms with Gasteiger partial charge in [0, 0.05) is 29.6 Å². The van der Waals surface area contributed by atoms with E-state index in [4.69, 9.17) is 11.6 Å². The summed E-state index contributed by atoms with van der Waals surface area (Å²) < 4.78 is 0. The lowest BCUT2D eigenvalue weighted by Gasteiger charge is -2.23. The lowest BCUT2D eigenvalue weighted by molar-refractivity contribution is -0.123. The quantitative estimate of drug-likeness (QED) is 0.659. The predicted molar refractivity (Wildman–Crippen MR) is 102 cm³/mol. The standard InChI is InChI=1S/C18H24ClN3O2.ClH/c19-13-3-5-14(6-4-13)22-16(23)2-1-9-21-17(24)15-12-18(15)7-10-20-11-8-18;/h3-6,15,20H,1-2,7-12H2,(H,21,24)(H,22,23);1H. The van der Waals surface area contributed by atoms with Crippen molar-refractivity contribution in [1.82, 2.24) is 10.6 Å². The number of carbonyl (C=O) groups excluding carboxylic acids is 2. The predicted octanol–water partition coefficient (Wildman–Crippen LogP) is 2.99. The van der Waals surface area contributed by atoms with Crippen LogP contribution in [0.4, 0.5) is 5.69 Å². The fraction of sp³-hybridized carbons (Fsp3) is 0.556. The van der Waals surface area contributed by atoms with Gasteiger partial charge in [-0.2, -0.15) is 0 Å². The second-order valence-corrected chi connectivity index (χ2v) is 7.26. The first kappa shape index (κ1) is 20.0. The molecule has 2 amide bonds. The summed E-state index contributed by atoms with van der Waals surface area (Å²) in [7, 11) is 0. The molecule has 1 aromatic rings. The smallest absolute Gasteiger partial charge is 0.224 e. The minimum Gasteiger partial charge on any atom is -0.356 e. The molecule has 1 aromatic carbocycles. The van der Waals surface area contributed by atoms with Gasteiger partial charge in [-0.1, -0.05) is 11.6 Å². The number of benzene rings is 1. The Morgan fingerprint density at radius 1 is 1.20 bits per heavy atom. The lowest BCUT2D eigenvalue weighted by Crippen LogP contribution is -2.34. The number of hydrogen-bond donors (Lipinski definition) is 3. The van der Waals surface area contributed by atoms with E-state index in [2.05, 4.69) is 16.0 Å². The van der Waals surface area contributed by atoms with Gasteiger partial charge in [-0.05, 0) is 68.5 Å². The molecule has 0 aromatic heterocycles. The van der Waals surface area contributed by atoms with E-state index >= 15 is 0 Å². The number of anilines is 1. The third kappa shape index (κ3) is 5.33. The monoisotopic (exact) mass is 385 g/mol. The zero-order valence-electron chi connectivity index (χ0n) is 14.1. The first-order valence-corrected chi connectivity index (χ1v) is 9.01. The van der Waals surface area contributed by atoms with Crippen LogP contribution in [0.3, 0.4) is 0 Å². The van der Waals surface area contributed by atoms with Crippen molar-refractivity contribution >= 4 is 41.5 Å². The highest BCUT2D eigenvalue weighted by Crippen LogP contribution is 2.58. The molecule has 1 aliphatic heterocycles. The van der Waals surface area contributed by atoms with Crippen LogP contribution < -0.4 is 16.0 Å². The zero-order valence-corrected chi connectivity index (χ0v) is 15.7. The van der Waals surface area contributed by atoms with Gasteiger partial charge in [0.1, 0.15) is 0 Å². The summed E-state index contributed by atoms with van der Waals surface area (Å²) in [5, 5.41) is 9.79. The fourth-order valence-corrected chi connectivity index (χ4v) is 3.66. The third-order valence-corrected chi connectivity index (χ3v) is 5.37. The van der Waals surface area contributed by atoms with Crippen LogP contribution in [0.5, 0.6) is 0 Å². The van der Waals surface area contributed by atoms with Crippen LogP contribution in [0.25, 0.3) is 0 Å². The van der Waals surface area contributed by atoms with Crippen LogP contribution in [0, 0.1) is 11.3 Å². The van der Waals surface area contributed by atoms with Crippen LogP contribution in [0.2, 0.25) is 5.02 Å². The number of rotatable bonds is 6. The summed E-state index contributed by atoms with van der Waals surface area (Å²) in [5.74, 6) is 0.297. The number of hydrogen-bond acceptors (Lipinski definition) is 3. The summed E-state index contributed by atoms with van der Waals surface area (Å²) in [4.78, 5) is 24.1. The largest absolute Gasteiger partial charge is 0.356 e. The molecule has 7 heteroatoms. The Bertz CT molecular complexity index is 601. The van der Waals surface area contributed by atoms with Gasteiger partial charge in [-0.25, -0.2) is 0 Å². The second-order valence-electron chi connectivity index (χ2n) is 6.82. The first-order valence-electron chi connectivity index (χ1n) is 8.63. The molecule has 1 saturated heterocycles. The maximum absolute atomic E-state index is 12.2. The molecule has 1 spiro atoms. The SMILES string of the molecule is Cl.O=C(CCCNC(=O)C1CC12CCNCC2)Nc1ccc(Cl)cc1. The van der Waals surface area contributed by atoms with Gasteiger partial charge in [0.05, 0.1) is 0 Å². The maximum Gasteiger partial charge on any atom is 0.224 e. The van der Waals surface area contributed by atoms with Crippen LogP contribution in [-0.2, 0) is 9.59 Å². The molecule has 1 aliphatic carbocycles. The number of piperidine rings is 1. The van der Waals surface area contributed by atoms with E-state index in [-0.39, 0.29) is 35.6 Å². The number of carbonyl (C=O) groups is 2. The highest BCUT2D eigenvalue weighted by molar-refractivity contribution is 6.30. The van der Waals surface area contributed by atoms with Crippen molar-refractivity contribution < 1.29 is 9.59 Å². The minimum atomic E-state index is -0.0483. The van der Waals surface area contributed by atoms with Crippen LogP contribution in [-0.4, -0.2) is 31.4 Å². The summed E-state index contributed by atoms with van der Waals surface area (Å²) in [5.41, 5.74) is 1.00. The minimum absolute atomic E-state index is 0. The van der Waals surface area contributed by atoms with E-state index in [1.165, 1.54) is 0 Å². The third-order valence-electron chi connectivity index (χ3n) is 5.11. The van der Waals surface area contributed by atoms with E-state index in [1.807, 2.05) is 0 Å². The fourth-order valence-electron chi connectivity index (χ4n) is 3.54. The lowest BCUT2D eigenvalue weighted by atomic mass is 9.92. The molecule has 0 radical (unpaired) electrons. The Morgan fingerprint density at radius 3 is 2.56 bits per heavy atom. The molecule has 2 aliphatic rings. The van der Waals surface area contributed by atoms with Gasteiger partial charge >= 0.3 is 0 Å². The summed E-state index contributed by atoms with van der Waals surface area (Å²) in [6.07, 6.45) is 4.27. The second kappa shape index (κ2) is 8.88. The Balaban J connectivity index is 0.00000225. The molecule has 1 heterocycles. The van der Waals surface area contributed by atoms with Crippen LogP contribution >= 0.6 is 24.0 Å². The van der Waals surface area contributed by atoms with Crippen molar-refractivity contribution in [3.8, 4) is 0 Å². The Labute approximate surface area is 159 Å². The summed E-state index contributed by atoms with van der Waals surface area (Å²) >= 11 is 5.81. The molecule has 0 bridgehead atoms. The molecule has 1 atom stereocenters. The maximum atomic E-state index is 12.2. The van der Waals surface area contributed by atoms with Gasteiger partial charge in [0.2, 0.25) is 11.8 Å². The highest BCUT2D eigenvalue weighted by atomic mass is 35.5. The number of nitrogens with one attached hydrogen (secondary N) is 3. The van der Waals surface area contributed by atoms with E-state index < -0.39 is 0 Å². The van der Waals surface area contributed by atoms with Gasteiger partial charge in [-0.15, -0.1) is 12.4 Å². The molecule has 1 unspecified atom stereocenters. The molecule has 3 N–H and O–H groups in total. The first-order chi connectivity index (χ1) is 11.6. The van der Waals surface area contributed by atoms with Gasteiger partial charge in [0.25, 0.3) is 0 Å². The van der Waals surface area contributed by atoms with Crippen molar-refractivity contribution in [2.45, 2.75) is 32.1 Å². The molecular formula is C18H25Cl2N3O2. The van der Waals surface area contributed by atoms with Gasteiger partial charge in [-0.3, -0.25) is 9.59 Å². The average Bonchev–Trinajstić information content (AvgIpc) is 3.27.